The van der Waals surface area contributed by atoms with Gasteiger partial charge in [-0.15, -0.1) is 10.2 Å². The zero-order valence-corrected chi connectivity index (χ0v) is 16.1. The monoisotopic (exact) mass is 386 g/mol. The van der Waals surface area contributed by atoms with Crippen LogP contribution in [0.2, 0.25) is 5.02 Å². The lowest BCUT2D eigenvalue weighted by atomic mass is 10.1. The molecular weight excluding hydrogens is 368 g/mol. The predicted octanol–water partition coefficient (Wildman–Crippen LogP) is 4.10. The normalized spacial score (nSPS) is 10.7. The number of aromatic nitrogens is 3. The summed E-state index contributed by atoms with van der Waals surface area (Å²) in [6.07, 6.45) is 0.663. The fourth-order valence-corrected chi connectivity index (χ4v) is 3.23. The molecule has 0 aliphatic carbocycles. The molecule has 5 nitrogen and oxygen atoms in total. The van der Waals surface area contributed by atoms with Crippen LogP contribution in [0.15, 0.2) is 53.7 Å². The highest BCUT2D eigenvalue weighted by Crippen LogP contribution is 2.19. The number of benzene rings is 2. The number of aryl methyl sites for hydroxylation is 1. The summed E-state index contributed by atoms with van der Waals surface area (Å²) in [6, 6.07) is 15.4. The summed E-state index contributed by atoms with van der Waals surface area (Å²) in [5.41, 5.74) is 3.06. The molecule has 1 aromatic heterocycles. The Balaban J connectivity index is 1.56. The summed E-state index contributed by atoms with van der Waals surface area (Å²) in [5.74, 6) is 1.05. The number of thioether (sulfide) groups is 1. The molecule has 0 atom stereocenters. The maximum Gasteiger partial charge on any atom is 0.234 e. The van der Waals surface area contributed by atoms with Gasteiger partial charge in [-0.3, -0.25) is 4.79 Å². The second-order valence-electron chi connectivity index (χ2n) is 5.96. The Hall–Kier alpha value is -2.31. The van der Waals surface area contributed by atoms with Crippen molar-refractivity contribution in [2.45, 2.75) is 18.5 Å². The van der Waals surface area contributed by atoms with Gasteiger partial charge in [0.15, 0.2) is 5.16 Å². The van der Waals surface area contributed by atoms with Gasteiger partial charge in [0.05, 0.1) is 5.75 Å². The van der Waals surface area contributed by atoms with E-state index in [1.165, 1.54) is 11.8 Å². The molecule has 2 aromatic carbocycles. The number of halogens is 1. The third-order valence-electron chi connectivity index (χ3n) is 3.87. The Morgan fingerprint density at radius 3 is 2.50 bits per heavy atom. The van der Waals surface area contributed by atoms with Crippen LogP contribution in [0.1, 0.15) is 17.0 Å². The highest BCUT2D eigenvalue weighted by molar-refractivity contribution is 7.99. The summed E-state index contributed by atoms with van der Waals surface area (Å²) in [4.78, 5) is 12.1. The molecule has 0 bridgehead atoms. The molecule has 1 N–H and O–H groups in total. The van der Waals surface area contributed by atoms with Crippen molar-refractivity contribution in [2.75, 3.05) is 11.1 Å². The molecule has 1 amide bonds. The fourth-order valence-electron chi connectivity index (χ4n) is 2.37. The second kappa shape index (κ2) is 8.38. The van der Waals surface area contributed by atoms with E-state index >= 15 is 0 Å². The summed E-state index contributed by atoms with van der Waals surface area (Å²) in [6.45, 7) is 2.01. The first-order chi connectivity index (χ1) is 12.5. The van der Waals surface area contributed by atoms with E-state index in [2.05, 4.69) is 15.5 Å². The molecule has 0 radical (unpaired) electrons. The standard InChI is InChI=1S/C19H19ClN4OS/c1-13-3-9-16(10-4-13)21-18(25)12-26-19-23-22-17(24(19)2)11-14-5-7-15(20)8-6-14/h3-10H,11-12H2,1-2H3,(H,21,25). The van der Waals surface area contributed by atoms with Gasteiger partial charge in [-0.1, -0.05) is 53.2 Å². The van der Waals surface area contributed by atoms with Gasteiger partial charge in [0.2, 0.25) is 5.91 Å². The lowest BCUT2D eigenvalue weighted by Crippen LogP contribution is -2.14. The maximum absolute atomic E-state index is 12.1. The molecular formula is C19H19ClN4OS. The lowest BCUT2D eigenvalue weighted by Gasteiger charge is -2.06. The zero-order valence-electron chi connectivity index (χ0n) is 14.6. The van der Waals surface area contributed by atoms with Crippen molar-refractivity contribution in [3.8, 4) is 0 Å². The Morgan fingerprint density at radius 1 is 1.12 bits per heavy atom. The van der Waals surface area contributed by atoms with Crippen molar-refractivity contribution >= 4 is 35.0 Å². The molecule has 0 unspecified atom stereocenters. The minimum atomic E-state index is -0.0684. The minimum absolute atomic E-state index is 0.0684. The van der Waals surface area contributed by atoms with Crippen molar-refractivity contribution in [3.63, 3.8) is 0 Å². The molecule has 3 rings (SSSR count). The third-order valence-corrected chi connectivity index (χ3v) is 5.14. The molecule has 0 aliphatic heterocycles. The average molecular weight is 387 g/mol. The number of hydrogen-bond donors (Lipinski definition) is 1. The average Bonchev–Trinajstić information content (AvgIpc) is 2.97. The number of carbonyl (C=O) groups is 1. The van der Waals surface area contributed by atoms with Crippen LogP contribution in [-0.2, 0) is 18.3 Å². The van der Waals surface area contributed by atoms with Crippen LogP contribution in [0.4, 0.5) is 5.69 Å². The molecule has 3 aromatic rings. The highest BCUT2D eigenvalue weighted by atomic mass is 35.5. The smallest absolute Gasteiger partial charge is 0.234 e. The topological polar surface area (TPSA) is 59.8 Å². The van der Waals surface area contributed by atoms with Gasteiger partial charge in [-0.25, -0.2) is 0 Å². The number of rotatable bonds is 6. The first kappa shape index (κ1) is 18.5. The van der Waals surface area contributed by atoms with Crippen LogP contribution in [0.25, 0.3) is 0 Å². The minimum Gasteiger partial charge on any atom is -0.325 e. The quantitative estimate of drug-likeness (QED) is 0.648. The molecule has 0 spiro atoms. The Kier molecular flexibility index (Phi) is 5.96. The number of carbonyl (C=O) groups excluding carboxylic acids is 1. The van der Waals surface area contributed by atoms with Gasteiger partial charge in [0.1, 0.15) is 5.82 Å². The number of nitrogens with one attached hydrogen (secondary N) is 1. The lowest BCUT2D eigenvalue weighted by molar-refractivity contribution is -0.113. The number of hydrogen-bond acceptors (Lipinski definition) is 4. The molecule has 0 saturated carbocycles. The van der Waals surface area contributed by atoms with E-state index in [-0.39, 0.29) is 11.7 Å². The number of anilines is 1. The summed E-state index contributed by atoms with van der Waals surface area (Å²) in [5, 5.41) is 12.7. The Bertz CT molecular complexity index is 891. The van der Waals surface area contributed by atoms with Crippen molar-refractivity contribution in [3.05, 3.63) is 70.5 Å². The molecule has 26 heavy (non-hydrogen) atoms. The van der Waals surface area contributed by atoms with Crippen molar-refractivity contribution in [2.24, 2.45) is 7.05 Å². The molecule has 0 fully saturated rings. The molecule has 1 heterocycles. The van der Waals surface area contributed by atoms with Crippen LogP contribution < -0.4 is 5.32 Å². The first-order valence-corrected chi connectivity index (χ1v) is 9.49. The van der Waals surface area contributed by atoms with E-state index in [1.54, 1.807) is 0 Å². The first-order valence-electron chi connectivity index (χ1n) is 8.13. The molecule has 134 valence electrons. The summed E-state index contributed by atoms with van der Waals surface area (Å²) in [7, 11) is 1.91. The van der Waals surface area contributed by atoms with Crippen molar-refractivity contribution < 1.29 is 4.79 Å². The van der Waals surface area contributed by atoms with Crippen LogP contribution in [0, 0.1) is 6.92 Å². The predicted molar refractivity (Wildman–Crippen MR) is 106 cm³/mol. The maximum atomic E-state index is 12.1. The summed E-state index contributed by atoms with van der Waals surface area (Å²) < 4.78 is 1.92. The van der Waals surface area contributed by atoms with E-state index in [9.17, 15) is 4.79 Å². The van der Waals surface area contributed by atoms with Crippen molar-refractivity contribution in [1.29, 1.82) is 0 Å². The Morgan fingerprint density at radius 2 is 1.81 bits per heavy atom. The van der Waals surface area contributed by atoms with Gasteiger partial charge in [0.25, 0.3) is 0 Å². The van der Waals surface area contributed by atoms with Gasteiger partial charge >= 0.3 is 0 Å². The van der Waals surface area contributed by atoms with E-state index in [0.29, 0.717) is 16.6 Å². The number of nitrogens with zero attached hydrogens (tertiary/aromatic N) is 3. The van der Waals surface area contributed by atoms with Gasteiger partial charge in [-0.05, 0) is 36.8 Å². The van der Waals surface area contributed by atoms with Gasteiger partial charge in [0, 0.05) is 24.2 Å². The van der Waals surface area contributed by atoms with E-state index in [4.69, 9.17) is 11.6 Å². The highest BCUT2D eigenvalue weighted by Gasteiger charge is 2.12. The summed E-state index contributed by atoms with van der Waals surface area (Å²) >= 11 is 7.28. The second-order valence-corrected chi connectivity index (χ2v) is 7.34. The largest absolute Gasteiger partial charge is 0.325 e. The van der Waals surface area contributed by atoms with E-state index < -0.39 is 0 Å². The molecule has 0 saturated heterocycles. The fraction of sp³-hybridized carbons (Fsp3) is 0.211. The van der Waals surface area contributed by atoms with Crippen LogP contribution in [-0.4, -0.2) is 26.4 Å². The number of amides is 1. The zero-order chi connectivity index (χ0) is 18.5. The van der Waals surface area contributed by atoms with Gasteiger partial charge in [-0.2, -0.15) is 0 Å². The van der Waals surface area contributed by atoms with Crippen LogP contribution in [0.3, 0.4) is 0 Å². The van der Waals surface area contributed by atoms with Crippen LogP contribution in [0.5, 0.6) is 0 Å². The Labute approximate surface area is 161 Å². The molecule has 7 heteroatoms. The van der Waals surface area contributed by atoms with E-state index in [0.717, 1.165) is 22.6 Å². The third kappa shape index (κ3) is 4.86. The van der Waals surface area contributed by atoms with E-state index in [1.807, 2.05) is 67.1 Å². The van der Waals surface area contributed by atoms with Gasteiger partial charge < -0.3 is 9.88 Å². The van der Waals surface area contributed by atoms with Crippen LogP contribution >= 0.6 is 23.4 Å². The molecule has 0 aliphatic rings. The van der Waals surface area contributed by atoms with Crippen molar-refractivity contribution in [1.82, 2.24) is 14.8 Å². The SMILES string of the molecule is Cc1ccc(NC(=O)CSc2nnc(Cc3ccc(Cl)cc3)n2C)cc1.